The Morgan fingerprint density at radius 1 is 1.27 bits per heavy atom. The van der Waals surface area contributed by atoms with Gasteiger partial charge >= 0.3 is 5.97 Å². The molecule has 0 spiro atoms. The minimum Gasteiger partial charge on any atom is -0.461 e. The monoisotopic (exact) mass is 216 g/mol. The quantitative estimate of drug-likeness (QED) is 0.476. The molecular weight excluding hydrogens is 196 g/mol. The van der Waals surface area contributed by atoms with Crippen LogP contribution in [0.25, 0.3) is 0 Å². The Labute approximate surface area is 91.2 Å². The molecule has 88 valence electrons. The van der Waals surface area contributed by atoms with Gasteiger partial charge in [0, 0.05) is 14.2 Å². The van der Waals surface area contributed by atoms with E-state index in [4.69, 9.17) is 14.2 Å². The van der Waals surface area contributed by atoms with Crippen molar-refractivity contribution in [3.05, 3.63) is 12.2 Å². The van der Waals surface area contributed by atoms with Crippen LogP contribution in [-0.2, 0) is 19.0 Å². The summed E-state index contributed by atoms with van der Waals surface area (Å²) in [5, 5.41) is 0. The Morgan fingerprint density at radius 2 is 1.73 bits per heavy atom. The minimum atomic E-state index is -0.751. The largest absolute Gasteiger partial charge is 0.461 e. The predicted octanol–water partition coefficient (Wildman–Crippen LogP) is 1.40. The van der Waals surface area contributed by atoms with Crippen molar-refractivity contribution in [3.8, 4) is 0 Å². The second-order valence-corrected chi connectivity index (χ2v) is 3.96. The number of rotatable bonds is 7. The Kier molecular flexibility index (Phi) is 6.20. The van der Waals surface area contributed by atoms with Gasteiger partial charge in [-0.15, -0.1) is 0 Å². The first-order chi connectivity index (χ1) is 6.96. The number of methoxy groups -OCH3 is 2. The van der Waals surface area contributed by atoms with E-state index < -0.39 is 5.41 Å². The molecule has 0 aromatic heterocycles. The van der Waals surface area contributed by atoms with Gasteiger partial charge in [0.1, 0.15) is 12.0 Å². The maximum absolute atomic E-state index is 11.7. The van der Waals surface area contributed by atoms with Crippen LogP contribution < -0.4 is 0 Å². The zero-order valence-corrected chi connectivity index (χ0v) is 9.96. The molecule has 4 nitrogen and oxygen atoms in total. The van der Waals surface area contributed by atoms with E-state index in [0.29, 0.717) is 0 Å². The highest BCUT2D eigenvalue weighted by Gasteiger charge is 2.35. The fourth-order valence-corrected chi connectivity index (χ4v) is 1.16. The fraction of sp³-hybridized carbons (Fsp3) is 0.727. The standard InChI is InChI=1S/C11H20O4/c1-9(2)6-15-10(12)11(3,7-13-4)8-14-5/h1,6-8H2,2-5H3. The first kappa shape index (κ1) is 14.1. The van der Waals surface area contributed by atoms with Crippen molar-refractivity contribution in [1.29, 1.82) is 0 Å². The Bertz CT molecular complexity index is 217. The third-order valence-electron chi connectivity index (χ3n) is 1.87. The van der Waals surface area contributed by atoms with E-state index >= 15 is 0 Å². The van der Waals surface area contributed by atoms with E-state index in [1.165, 1.54) is 0 Å². The lowest BCUT2D eigenvalue weighted by molar-refractivity contribution is -0.160. The highest BCUT2D eigenvalue weighted by Crippen LogP contribution is 2.19. The molecule has 0 bridgehead atoms. The maximum atomic E-state index is 11.7. The summed E-state index contributed by atoms with van der Waals surface area (Å²) in [4.78, 5) is 11.7. The van der Waals surface area contributed by atoms with Crippen molar-refractivity contribution in [2.24, 2.45) is 5.41 Å². The molecule has 0 amide bonds. The highest BCUT2D eigenvalue weighted by atomic mass is 16.5. The lowest BCUT2D eigenvalue weighted by atomic mass is 9.93. The normalized spacial score (nSPS) is 11.2. The first-order valence-corrected chi connectivity index (χ1v) is 4.75. The molecule has 0 aliphatic heterocycles. The van der Waals surface area contributed by atoms with Gasteiger partial charge in [-0.3, -0.25) is 4.79 Å². The number of ether oxygens (including phenoxy) is 3. The van der Waals surface area contributed by atoms with E-state index in [1.807, 2.05) is 0 Å². The van der Waals surface area contributed by atoms with Crippen molar-refractivity contribution in [2.45, 2.75) is 13.8 Å². The number of hydrogen-bond acceptors (Lipinski definition) is 4. The molecule has 0 heterocycles. The molecule has 0 saturated heterocycles. The van der Waals surface area contributed by atoms with Gasteiger partial charge in [0.15, 0.2) is 0 Å². The maximum Gasteiger partial charge on any atom is 0.316 e. The van der Waals surface area contributed by atoms with Crippen LogP contribution in [0.3, 0.4) is 0 Å². The Morgan fingerprint density at radius 3 is 2.07 bits per heavy atom. The molecule has 0 saturated carbocycles. The van der Waals surface area contributed by atoms with Gasteiger partial charge in [0.25, 0.3) is 0 Å². The van der Waals surface area contributed by atoms with Crippen LogP contribution in [0.2, 0.25) is 0 Å². The van der Waals surface area contributed by atoms with Crippen LogP contribution in [0.1, 0.15) is 13.8 Å². The second kappa shape index (κ2) is 6.58. The molecular formula is C11H20O4. The minimum absolute atomic E-state index is 0.238. The van der Waals surface area contributed by atoms with E-state index in [2.05, 4.69) is 6.58 Å². The van der Waals surface area contributed by atoms with Crippen molar-refractivity contribution < 1.29 is 19.0 Å². The fourth-order valence-electron chi connectivity index (χ4n) is 1.16. The molecule has 0 aliphatic carbocycles. The summed E-state index contributed by atoms with van der Waals surface area (Å²) in [6.45, 7) is 8.00. The van der Waals surface area contributed by atoms with Gasteiger partial charge in [-0.25, -0.2) is 0 Å². The van der Waals surface area contributed by atoms with Crippen molar-refractivity contribution in [3.63, 3.8) is 0 Å². The van der Waals surface area contributed by atoms with Crippen molar-refractivity contribution in [2.75, 3.05) is 34.0 Å². The summed E-state index contributed by atoms with van der Waals surface area (Å²) in [6.07, 6.45) is 0. The first-order valence-electron chi connectivity index (χ1n) is 4.75. The third kappa shape index (κ3) is 4.95. The van der Waals surface area contributed by atoms with Gasteiger partial charge in [-0.1, -0.05) is 6.58 Å². The van der Waals surface area contributed by atoms with E-state index in [-0.39, 0.29) is 25.8 Å². The number of carbonyl (C=O) groups is 1. The van der Waals surface area contributed by atoms with E-state index in [1.54, 1.807) is 28.1 Å². The third-order valence-corrected chi connectivity index (χ3v) is 1.87. The summed E-state index contributed by atoms with van der Waals surface area (Å²) >= 11 is 0. The average Bonchev–Trinajstić information content (AvgIpc) is 2.14. The predicted molar refractivity (Wildman–Crippen MR) is 57.6 cm³/mol. The molecule has 0 aromatic carbocycles. The van der Waals surface area contributed by atoms with Crippen molar-refractivity contribution >= 4 is 5.97 Å². The smallest absolute Gasteiger partial charge is 0.316 e. The average molecular weight is 216 g/mol. The van der Waals surface area contributed by atoms with Crippen LogP contribution in [0, 0.1) is 5.41 Å². The molecule has 0 fully saturated rings. The molecule has 0 N–H and O–H groups in total. The Balaban J connectivity index is 4.33. The van der Waals surface area contributed by atoms with E-state index in [0.717, 1.165) is 5.57 Å². The van der Waals surface area contributed by atoms with Gasteiger partial charge in [0.2, 0.25) is 0 Å². The summed E-state index contributed by atoms with van der Waals surface area (Å²) in [5.41, 5.74) is 0.0550. The number of carbonyl (C=O) groups excluding carboxylic acids is 1. The topological polar surface area (TPSA) is 44.8 Å². The second-order valence-electron chi connectivity index (χ2n) is 3.96. The molecule has 0 unspecified atom stereocenters. The van der Waals surface area contributed by atoms with Crippen molar-refractivity contribution in [1.82, 2.24) is 0 Å². The SMILES string of the molecule is C=C(C)COC(=O)C(C)(COC)COC. The van der Waals surface area contributed by atoms with Crippen LogP contribution in [0.15, 0.2) is 12.2 Å². The van der Waals surface area contributed by atoms with Gasteiger partial charge in [-0.2, -0.15) is 0 Å². The lowest BCUT2D eigenvalue weighted by Gasteiger charge is -2.25. The number of hydrogen-bond donors (Lipinski definition) is 0. The van der Waals surface area contributed by atoms with E-state index in [9.17, 15) is 4.79 Å². The molecule has 0 aliphatic rings. The zero-order valence-electron chi connectivity index (χ0n) is 9.96. The molecule has 15 heavy (non-hydrogen) atoms. The summed E-state index contributed by atoms with van der Waals surface area (Å²) in [7, 11) is 3.08. The highest BCUT2D eigenvalue weighted by molar-refractivity contribution is 5.76. The van der Waals surface area contributed by atoms with Gasteiger partial charge < -0.3 is 14.2 Å². The zero-order chi connectivity index (χ0) is 11.9. The Hall–Kier alpha value is -0.870. The molecule has 0 radical (unpaired) electrons. The van der Waals surface area contributed by atoms with Crippen LogP contribution >= 0.6 is 0 Å². The molecule has 0 rings (SSSR count). The van der Waals surface area contributed by atoms with Crippen LogP contribution in [0.5, 0.6) is 0 Å². The summed E-state index contributed by atoms with van der Waals surface area (Å²) < 4.78 is 15.0. The van der Waals surface area contributed by atoms with Gasteiger partial charge in [0.05, 0.1) is 13.2 Å². The molecule has 0 aromatic rings. The van der Waals surface area contributed by atoms with Gasteiger partial charge in [-0.05, 0) is 19.4 Å². The number of esters is 1. The molecule has 0 atom stereocenters. The lowest BCUT2D eigenvalue weighted by Crippen LogP contribution is -2.38. The van der Waals surface area contributed by atoms with Crippen LogP contribution in [-0.4, -0.2) is 40.0 Å². The summed E-state index contributed by atoms with van der Waals surface area (Å²) in [5.74, 6) is -0.325. The summed E-state index contributed by atoms with van der Waals surface area (Å²) in [6, 6.07) is 0. The molecule has 4 heteroatoms. The van der Waals surface area contributed by atoms with Crippen LogP contribution in [0.4, 0.5) is 0 Å².